The van der Waals surface area contributed by atoms with Crippen molar-refractivity contribution in [2.24, 2.45) is 0 Å². The molecule has 0 saturated carbocycles. The van der Waals surface area contributed by atoms with Gasteiger partial charge in [-0.2, -0.15) is 0 Å². The lowest BCUT2D eigenvalue weighted by atomic mass is 9.86. The second-order valence-corrected chi connectivity index (χ2v) is 6.56. The van der Waals surface area contributed by atoms with Crippen LogP contribution in [0.15, 0.2) is 60.7 Å². The maximum absolute atomic E-state index is 2.49. The Morgan fingerprint density at radius 2 is 1.43 bits per heavy atom. The topological polar surface area (TPSA) is 3.24 Å². The fourth-order valence-electron chi connectivity index (χ4n) is 4.10. The lowest BCUT2D eigenvalue weighted by Crippen LogP contribution is -2.24. The zero-order valence-electron chi connectivity index (χ0n) is 13.3. The van der Waals surface area contributed by atoms with E-state index in [9.17, 15) is 0 Å². The summed E-state index contributed by atoms with van der Waals surface area (Å²) in [6, 6.07) is 22.6. The lowest BCUT2D eigenvalue weighted by Gasteiger charge is -2.39. The second-order valence-electron chi connectivity index (χ2n) is 6.56. The van der Waals surface area contributed by atoms with Crippen LogP contribution in [0.4, 0.5) is 17.1 Å². The van der Waals surface area contributed by atoms with Gasteiger partial charge in [0.2, 0.25) is 0 Å². The van der Waals surface area contributed by atoms with Gasteiger partial charge in [-0.3, -0.25) is 0 Å². The summed E-state index contributed by atoms with van der Waals surface area (Å²) in [5, 5.41) is 0. The third-order valence-corrected chi connectivity index (χ3v) is 5.21. The van der Waals surface area contributed by atoms with Crippen LogP contribution in [0, 0.1) is 0 Å². The Morgan fingerprint density at radius 3 is 2.26 bits per heavy atom. The minimum Gasteiger partial charge on any atom is -0.309 e. The third-order valence-electron chi connectivity index (χ3n) is 5.21. The molecular formula is C22H19N. The Morgan fingerprint density at radius 1 is 0.739 bits per heavy atom. The van der Waals surface area contributed by atoms with Gasteiger partial charge in [0.25, 0.3) is 0 Å². The van der Waals surface area contributed by atoms with Crippen LogP contribution in [-0.4, -0.2) is 0 Å². The van der Waals surface area contributed by atoms with Crippen LogP contribution in [0.5, 0.6) is 0 Å². The van der Waals surface area contributed by atoms with Crippen LogP contribution < -0.4 is 4.90 Å². The largest absolute Gasteiger partial charge is 0.309 e. The van der Waals surface area contributed by atoms with E-state index in [-0.39, 0.29) is 0 Å². The van der Waals surface area contributed by atoms with E-state index in [2.05, 4.69) is 72.5 Å². The standard InChI is InChI=1S/C22H19N/c1-2-15-10-11-21-19(12-15)14-18-8-5-7-17-13-16-6-3-4-9-20(16)23(21)22(17)18/h3-12H,2,13-14H2,1H3. The molecule has 0 amide bonds. The highest BCUT2D eigenvalue weighted by Gasteiger charge is 2.30. The highest BCUT2D eigenvalue weighted by atomic mass is 15.2. The fraction of sp³-hybridized carbons (Fsp3) is 0.182. The molecule has 0 spiro atoms. The number of hydrogen-bond donors (Lipinski definition) is 0. The first-order valence-electron chi connectivity index (χ1n) is 8.46. The molecule has 3 aromatic rings. The molecule has 2 aliphatic heterocycles. The van der Waals surface area contributed by atoms with E-state index in [0.717, 1.165) is 19.3 Å². The van der Waals surface area contributed by atoms with E-state index in [1.54, 1.807) is 0 Å². The van der Waals surface area contributed by atoms with E-state index in [1.807, 2.05) is 0 Å². The van der Waals surface area contributed by atoms with Crippen molar-refractivity contribution in [3.63, 3.8) is 0 Å². The number of nitrogens with zero attached hydrogens (tertiary/aromatic N) is 1. The summed E-state index contributed by atoms with van der Waals surface area (Å²) in [6.45, 7) is 2.23. The Balaban J connectivity index is 1.81. The quantitative estimate of drug-likeness (QED) is 0.393. The van der Waals surface area contributed by atoms with E-state index < -0.39 is 0 Å². The van der Waals surface area contributed by atoms with Crippen LogP contribution in [0.3, 0.4) is 0 Å². The van der Waals surface area contributed by atoms with Gasteiger partial charge in [-0.1, -0.05) is 55.5 Å². The molecule has 0 fully saturated rings. The smallest absolute Gasteiger partial charge is 0.0532 e. The highest BCUT2D eigenvalue weighted by molar-refractivity contribution is 5.89. The predicted molar refractivity (Wildman–Crippen MR) is 96.1 cm³/mol. The number of rotatable bonds is 1. The van der Waals surface area contributed by atoms with E-state index in [4.69, 9.17) is 0 Å². The lowest BCUT2D eigenvalue weighted by molar-refractivity contribution is 1.00. The van der Waals surface area contributed by atoms with Gasteiger partial charge in [0.05, 0.1) is 5.69 Å². The monoisotopic (exact) mass is 297 g/mol. The molecule has 0 atom stereocenters. The number of para-hydroxylation sites is 2. The molecule has 0 saturated heterocycles. The molecule has 1 nitrogen and oxygen atoms in total. The molecule has 0 unspecified atom stereocenters. The second kappa shape index (κ2) is 4.73. The average Bonchev–Trinajstić information content (AvgIpc) is 2.61. The summed E-state index contributed by atoms with van der Waals surface area (Å²) in [7, 11) is 0. The third kappa shape index (κ3) is 1.80. The maximum atomic E-state index is 2.49. The molecule has 3 aromatic carbocycles. The van der Waals surface area contributed by atoms with E-state index >= 15 is 0 Å². The van der Waals surface area contributed by atoms with Crippen molar-refractivity contribution in [3.05, 3.63) is 88.5 Å². The zero-order valence-corrected chi connectivity index (χ0v) is 13.3. The first kappa shape index (κ1) is 13.0. The van der Waals surface area contributed by atoms with Crippen LogP contribution in [0.25, 0.3) is 0 Å². The SMILES string of the molecule is CCc1ccc2c(c1)Cc1cccc3c1N2c1ccccc1C3. The number of hydrogen-bond acceptors (Lipinski definition) is 1. The summed E-state index contributed by atoms with van der Waals surface area (Å²) in [4.78, 5) is 2.49. The molecule has 2 heterocycles. The molecule has 0 radical (unpaired) electrons. The molecular weight excluding hydrogens is 278 g/mol. The molecule has 0 aromatic heterocycles. The molecule has 112 valence electrons. The summed E-state index contributed by atoms with van der Waals surface area (Å²) in [5.74, 6) is 0. The van der Waals surface area contributed by atoms with Crippen molar-refractivity contribution in [2.75, 3.05) is 4.90 Å². The molecule has 0 N–H and O–H groups in total. The Bertz CT molecular complexity index is 923. The van der Waals surface area contributed by atoms with Crippen LogP contribution in [-0.2, 0) is 19.3 Å². The van der Waals surface area contributed by atoms with Crippen molar-refractivity contribution >= 4 is 17.1 Å². The van der Waals surface area contributed by atoms with Crippen molar-refractivity contribution in [1.29, 1.82) is 0 Å². The van der Waals surface area contributed by atoms with Crippen LogP contribution in [0.2, 0.25) is 0 Å². The summed E-state index contributed by atoms with van der Waals surface area (Å²) < 4.78 is 0. The molecule has 0 aliphatic carbocycles. The fourth-order valence-corrected chi connectivity index (χ4v) is 4.10. The normalized spacial score (nSPS) is 14.0. The number of aryl methyl sites for hydroxylation is 1. The Labute approximate surface area is 137 Å². The van der Waals surface area contributed by atoms with Gasteiger partial charge in [0.15, 0.2) is 0 Å². The van der Waals surface area contributed by atoms with E-state index in [1.165, 1.54) is 44.9 Å². The number of fused-ring (bicyclic) bond motifs is 4. The molecule has 5 rings (SSSR count). The van der Waals surface area contributed by atoms with Gasteiger partial charge < -0.3 is 4.90 Å². The average molecular weight is 297 g/mol. The van der Waals surface area contributed by atoms with Gasteiger partial charge in [0.1, 0.15) is 0 Å². The molecule has 2 aliphatic rings. The Kier molecular flexibility index (Phi) is 2.66. The van der Waals surface area contributed by atoms with Crippen molar-refractivity contribution in [2.45, 2.75) is 26.2 Å². The zero-order chi connectivity index (χ0) is 15.4. The van der Waals surface area contributed by atoms with Crippen LogP contribution >= 0.6 is 0 Å². The highest BCUT2D eigenvalue weighted by Crippen LogP contribution is 2.50. The van der Waals surface area contributed by atoms with E-state index in [0.29, 0.717) is 0 Å². The first-order valence-corrected chi connectivity index (χ1v) is 8.46. The summed E-state index contributed by atoms with van der Waals surface area (Å²) in [6.07, 6.45) is 3.18. The van der Waals surface area contributed by atoms with Gasteiger partial charge >= 0.3 is 0 Å². The van der Waals surface area contributed by atoms with Crippen molar-refractivity contribution in [1.82, 2.24) is 0 Å². The van der Waals surface area contributed by atoms with Crippen molar-refractivity contribution in [3.8, 4) is 0 Å². The number of benzene rings is 3. The summed E-state index contributed by atoms with van der Waals surface area (Å²) in [5.41, 5.74) is 11.3. The maximum Gasteiger partial charge on any atom is 0.0532 e. The number of anilines is 3. The minimum absolute atomic E-state index is 1.04. The minimum atomic E-state index is 1.04. The van der Waals surface area contributed by atoms with Crippen LogP contribution in [0.1, 0.15) is 34.7 Å². The summed E-state index contributed by atoms with van der Waals surface area (Å²) >= 11 is 0. The van der Waals surface area contributed by atoms with Gasteiger partial charge in [0, 0.05) is 24.2 Å². The van der Waals surface area contributed by atoms with Crippen molar-refractivity contribution < 1.29 is 0 Å². The first-order chi connectivity index (χ1) is 11.3. The molecule has 1 heteroatoms. The molecule has 0 bridgehead atoms. The Hall–Kier alpha value is -2.54. The van der Waals surface area contributed by atoms with Gasteiger partial charge in [-0.05, 0) is 46.4 Å². The predicted octanol–water partition coefficient (Wildman–Crippen LogP) is 5.53. The molecule has 23 heavy (non-hydrogen) atoms. The van der Waals surface area contributed by atoms with Gasteiger partial charge in [-0.15, -0.1) is 0 Å². The van der Waals surface area contributed by atoms with Gasteiger partial charge in [-0.25, -0.2) is 0 Å².